The highest BCUT2D eigenvalue weighted by Crippen LogP contribution is 2.28. The maximum absolute atomic E-state index is 6.47. The number of aryl methyl sites for hydroxylation is 1. The standard InChI is InChI=1S/C17H26N2O/c1-2-5-13-6-3-7-14(10-13)17(18)16-11-19-9-4-8-15(19)12-20-16/h3,6-7,10,15-17H,2,4-5,8-9,11-12,18H2,1H3. The van der Waals surface area contributed by atoms with E-state index in [-0.39, 0.29) is 12.1 Å². The van der Waals surface area contributed by atoms with Crippen molar-refractivity contribution in [1.29, 1.82) is 0 Å². The van der Waals surface area contributed by atoms with Gasteiger partial charge in [0.25, 0.3) is 0 Å². The second-order valence-corrected chi connectivity index (χ2v) is 6.18. The van der Waals surface area contributed by atoms with Crippen LogP contribution in [0.3, 0.4) is 0 Å². The zero-order valence-electron chi connectivity index (χ0n) is 12.4. The minimum atomic E-state index is -0.00615. The lowest BCUT2D eigenvalue weighted by molar-refractivity contribution is -0.0597. The van der Waals surface area contributed by atoms with Crippen molar-refractivity contribution in [2.75, 3.05) is 19.7 Å². The highest BCUT2D eigenvalue weighted by atomic mass is 16.5. The minimum absolute atomic E-state index is 0.00615. The van der Waals surface area contributed by atoms with E-state index in [1.807, 2.05) is 0 Å². The fraction of sp³-hybridized carbons (Fsp3) is 0.647. The largest absolute Gasteiger partial charge is 0.373 e. The molecule has 0 amide bonds. The first-order valence-electron chi connectivity index (χ1n) is 7.98. The average Bonchev–Trinajstić information content (AvgIpc) is 2.94. The fourth-order valence-electron chi connectivity index (χ4n) is 3.52. The smallest absolute Gasteiger partial charge is 0.0895 e. The first-order chi connectivity index (χ1) is 9.78. The Morgan fingerprint density at radius 1 is 1.45 bits per heavy atom. The van der Waals surface area contributed by atoms with Crippen molar-refractivity contribution in [2.24, 2.45) is 5.73 Å². The summed E-state index contributed by atoms with van der Waals surface area (Å²) in [5, 5.41) is 0. The van der Waals surface area contributed by atoms with Crippen LogP contribution in [0, 0.1) is 0 Å². The van der Waals surface area contributed by atoms with E-state index in [0.717, 1.165) is 19.6 Å². The van der Waals surface area contributed by atoms with Gasteiger partial charge in [-0.05, 0) is 36.9 Å². The van der Waals surface area contributed by atoms with Crippen molar-refractivity contribution in [3.63, 3.8) is 0 Å². The van der Waals surface area contributed by atoms with Gasteiger partial charge in [0.2, 0.25) is 0 Å². The van der Waals surface area contributed by atoms with Gasteiger partial charge in [-0.15, -0.1) is 0 Å². The lowest BCUT2D eigenvalue weighted by Crippen LogP contribution is -2.49. The Labute approximate surface area is 122 Å². The van der Waals surface area contributed by atoms with E-state index in [2.05, 4.69) is 36.1 Å². The Bertz CT molecular complexity index is 448. The summed E-state index contributed by atoms with van der Waals surface area (Å²) in [6.07, 6.45) is 5.03. The maximum atomic E-state index is 6.47. The van der Waals surface area contributed by atoms with Gasteiger partial charge >= 0.3 is 0 Å². The van der Waals surface area contributed by atoms with Gasteiger partial charge in [0.1, 0.15) is 0 Å². The third-order valence-electron chi connectivity index (χ3n) is 4.69. The summed E-state index contributed by atoms with van der Waals surface area (Å²) in [5.74, 6) is 0. The molecule has 2 aliphatic rings. The Morgan fingerprint density at radius 2 is 2.35 bits per heavy atom. The van der Waals surface area contributed by atoms with E-state index in [1.165, 1.54) is 36.9 Å². The van der Waals surface area contributed by atoms with Crippen LogP contribution in [-0.4, -0.2) is 36.7 Å². The number of hydrogen-bond acceptors (Lipinski definition) is 3. The SMILES string of the molecule is CCCc1cccc(C(N)C2CN3CCCC3CO2)c1. The van der Waals surface area contributed by atoms with Crippen LogP contribution in [0.2, 0.25) is 0 Å². The van der Waals surface area contributed by atoms with E-state index in [4.69, 9.17) is 10.5 Å². The molecule has 3 atom stereocenters. The summed E-state index contributed by atoms with van der Waals surface area (Å²) in [6.45, 7) is 5.27. The third kappa shape index (κ3) is 2.90. The van der Waals surface area contributed by atoms with Gasteiger partial charge in [-0.3, -0.25) is 4.90 Å². The summed E-state index contributed by atoms with van der Waals surface area (Å²) in [7, 11) is 0. The van der Waals surface area contributed by atoms with Crippen LogP contribution in [0.4, 0.5) is 0 Å². The first kappa shape index (κ1) is 14.1. The average molecular weight is 274 g/mol. The highest BCUT2D eigenvalue weighted by Gasteiger charge is 2.35. The monoisotopic (exact) mass is 274 g/mol. The molecule has 0 aromatic heterocycles. The number of fused-ring (bicyclic) bond motifs is 1. The van der Waals surface area contributed by atoms with Gasteiger partial charge in [-0.1, -0.05) is 37.6 Å². The molecule has 0 aliphatic carbocycles. The molecule has 2 aliphatic heterocycles. The van der Waals surface area contributed by atoms with Crippen LogP contribution in [0.15, 0.2) is 24.3 Å². The molecule has 3 heteroatoms. The van der Waals surface area contributed by atoms with Crippen LogP contribution in [0.1, 0.15) is 43.4 Å². The third-order valence-corrected chi connectivity index (χ3v) is 4.69. The second-order valence-electron chi connectivity index (χ2n) is 6.18. The van der Waals surface area contributed by atoms with Crippen LogP contribution < -0.4 is 5.73 Å². The van der Waals surface area contributed by atoms with Crippen LogP contribution >= 0.6 is 0 Å². The van der Waals surface area contributed by atoms with Crippen LogP contribution in [0.25, 0.3) is 0 Å². The minimum Gasteiger partial charge on any atom is -0.373 e. The normalized spacial score (nSPS) is 28.3. The van der Waals surface area contributed by atoms with Crippen molar-refractivity contribution in [3.05, 3.63) is 35.4 Å². The van der Waals surface area contributed by atoms with E-state index in [9.17, 15) is 0 Å². The summed E-state index contributed by atoms with van der Waals surface area (Å²) in [4.78, 5) is 2.56. The number of nitrogens with zero attached hydrogens (tertiary/aromatic N) is 1. The van der Waals surface area contributed by atoms with E-state index in [1.54, 1.807) is 0 Å². The van der Waals surface area contributed by atoms with Crippen molar-refractivity contribution >= 4 is 0 Å². The number of rotatable bonds is 4. The molecule has 2 saturated heterocycles. The van der Waals surface area contributed by atoms with Gasteiger partial charge in [-0.2, -0.15) is 0 Å². The zero-order valence-corrected chi connectivity index (χ0v) is 12.4. The quantitative estimate of drug-likeness (QED) is 0.917. The summed E-state index contributed by atoms with van der Waals surface area (Å²) < 4.78 is 6.04. The molecular formula is C17H26N2O. The molecule has 0 saturated carbocycles. The van der Waals surface area contributed by atoms with Gasteiger partial charge in [0, 0.05) is 12.6 Å². The summed E-state index contributed by atoms with van der Waals surface area (Å²) >= 11 is 0. The van der Waals surface area contributed by atoms with E-state index >= 15 is 0 Å². The molecule has 2 N–H and O–H groups in total. The topological polar surface area (TPSA) is 38.5 Å². The fourth-order valence-corrected chi connectivity index (χ4v) is 3.52. The molecule has 3 unspecified atom stereocenters. The first-order valence-corrected chi connectivity index (χ1v) is 7.98. The van der Waals surface area contributed by atoms with Crippen molar-refractivity contribution < 1.29 is 4.74 Å². The molecule has 0 radical (unpaired) electrons. The van der Waals surface area contributed by atoms with Gasteiger partial charge in [-0.25, -0.2) is 0 Å². The molecule has 1 aromatic carbocycles. The second kappa shape index (κ2) is 6.25. The predicted octanol–water partition coefficient (Wildman–Crippen LogP) is 2.50. The molecule has 2 heterocycles. The number of ether oxygens (including phenoxy) is 1. The molecular weight excluding hydrogens is 248 g/mol. The maximum Gasteiger partial charge on any atom is 0.0895 e. The van der Waals surface area contributed by atoms with Crippen molar-refractivity contribution in [2.45, 2.75) is 50.8 Å². The number of hydrogen-bond donors (Lipinski definition) is 1. The Morgan fingerprint density at radius 3 is 3.20 bits per heavy atom. The molecule has 0 spiro atoms. The van der Waals surface area contributed by atoms with Gasteiger partial charge < -0.3 is 10.5 Å². The molecule has 110 valence electrons. The lowest BCUT2D eigenvalue weighted by atomic mass is 9.97. The molecule has 0 bridgehead atoms. The van der Waals surface area contributed by atoms with E-state index in [0.29, 0.717) is 6.04 Å². The molecule has 2 fully saturated rings. The van der Waals surface area contributed by atoms with E-state index < -0.39 is 0 Å². The Hall–Kier alpha value is -0.900. The van der Waals surface area contributed by atoms with Gasteiger partial charge in [0.05, 0.1) is 18.8 Å². The number of benzene rings is 1. The molecule has 1 aromatic rings. The van der Waals surface area contributed by atoms with Gasteiger partial charge in [0.15, 0.2) is 0 Å². The highest BCUT2D eigenvalue weighted by molar-refractivity contribution is 5.27. The number of nitrogens with two attached hydrogens (primary N) is 1. The van der Waals surface area contributed by atoms with Crippen molar-refractivity contribution in [3.8, 4) is 0 Å². The Kier molecular flexibility index (Phi) is 4.39. The molecule has 3 nitrogen and oxygen atoms in total. The molecule has 3 rings (SSSR count). The molecule has 20 heavy (non-hydrogen) atoms. The Balaban J connectivity index is 1.68. The predicted molar refractivity (Wildman–Crippen MR) is 81.7 cm³/mol. The number of morpholine rings is 1. The summed E-state index contributed by atoms with van der Waals surface area (Å²) in [5.41, 5.74) is 9.07. The van der Waals surface area contributed by atoms with Crippen molar-refractivity contribution in [1.82, 2.24) is 4.90 Å². The summed E-state index contributed by atoms with van der Waals surface area (Å²) in [6, 6.07) is 9.36. The lowest BCUT2D eigenvalue weighted by Gasteiger charge is -2.37. The van der Waals surface area contributed by atoms with Crippen LogP contribution in [0.5, 0.6) is 0 Å². The zero-order chi connectivity index (χ0) is 13.9. The van der Waals surface area contributed by atoms with Crippen LogP contribution in [-0.2, 0) is 11.2 Å².